The number of hydrogen-bond donors (Lipinski definition) is 1. The Bertz CT molecular complexity index is 604. The summed E-state index contributed by atoms with van der Waals surface area (Å²) in [6.07, 6.45) is 0. The maximum Gasteiger partial charge on any atom is 0.168 e. The first-order valence-electron chi connectivity index (χ1n) is 8.85. The van der Waals surface area contributed by atoms with Crippen LogP contribution in [-0.2, 0) is 14.2 Å². The van der Waals surface area contributed by atoms with E-state index >= 15 is 0 Å². The fraction of sp³-hybridized carbons (Fsp3) is 0.632. The van der Waals surface area contributed by atoms with Crippen molar-refractivity contribution in [2.24, 2.45) is 4.99 Å². The van der Waals surface area contributed by atoms with Crippen LogP contribution in [0.4, 0.5) is 0 Å². The number of amidine groups is 1. The highest BCUT2D eigenvalue weighted by molar-refractivity contribution is 6.03. The van der Waals surface area contributed by atoms with Gasteiger partial charge in [-0.25, -0.2) is 0 Å². The van der Waals surface area contributed by atoms with Crippen molar-refractivity contribution in [3.63, 3.8) is 0 Å². The number of phenolic OH excluding ortho intramolecular Hbond substituents is 1. The maximum absolute atomic E-state index is 10.6. The largest absolute Gasteiger partial charge is 0.504 e. The van der Waals surface area contributed by atoms with Crippen LogP contribution in [0, 0.1) is 0 Å². The molecule has 7 heteroatoms. The van der Waals surface area contributed by atoms with Gasteiger partial charge in [-0.3, -0.25) is 4.99 Å². The summed E-state index contributed by atoms with van der Waals surface area (Å²) in [5.41, 5.74) is 0.523. The van der Waals surface area contributed by atoms with Crippen molar-refractivity contribution in [2.75, 3.05) is 60.3 Å². The smallest absolute Gasteiger partial charge is 0.168 e. The van der Waals surface area contributed by atoms with E-state index in [9.17, 15) is 5.11 Å². The summed E-state index contributed by atoms with van der Waals surface area (Å²) in [6.45, 7) is 7.89. The summed E-state index contributed by atoms with van der Waals surface area (Å²) in [6, 6.07) is 5.46. The van der Waals surface area contributed by atoms with Gasteiger partial charge in [0.2, 0.25) is 0 Å². The SMILES string of the molecule is COCCOCCOCCOc1cccc(C2=NC(C)(C)CN2C)c1O. The molecule has 0 fully saturated rings. The van der Waals surface area contributed by atoms with Gasteiger partial charge >= 0.3 is 0 Å². The predicted octanol–water partition coefficient (Wildman–Crippen LogP) is 1.92. The Hall–Kier alpha value is -1.83. The number of aromatic hydroxyl groups is 1. The summed E-state index contributed by atoms with van der Waals surface area (Å²) >= 11 is 0. The minimum atomic E-state index is -0.160. The van der Waals surface area contributed by atoms with E-state index in [0.717, 1.165) is 12.4 Å². The average molecular weight is 366 g/mol. The summed E-state index contributed by atoms with van der Waals surface area (Å²) < 4.78 is 21.3. The van der Waals surface area contributed by atoms with Crippen LogP contribution in [0.2, 0.25) is 0 Å². The first-order valence-corrected chi connectivity index (χ1v) is 8.85. The van der Waals surface area contributed by atoms with Crippen LogP contribution in [-0.4, -0.2) is 81.7 Å². The molecule has 2 rings (SSSR count). The van der Waals surface area contributed by atoms with E-state index < -0.39 is 0 Å². The molecule has 1 heterocycles. The van der Waals surface area contributed by atoms with Crippen molar-refractivity contribution in [3.8, 4) is 11.5 Å². The standard InChI is InChI=1S/C19H30N2O5/c1-19(2)14-21(3)18(20-19)15-6-5-7-16(17(15)22)26-13-12-25-11-10-24-9-8-23-4/h5-7,22H,8-14H2,1-4H3. The Morgan fingerprint density at radius 1 is 1.08 bits per heavy atom. The van der Waals surface area contributed by atoms with Gasteiger partial charge in [-0.1, -0.05) is 6.07 Å². The van der Waals surface area contributed by atoms with E-state index in [2.05, 4.69) is 13.8 Å². The normalized spacial score (nSPS) is 16.0. The lowest BCUT2D eigenvalue weighted by Gasteiger charge is -2.18. The molecule has 0 spiro atoms. The summed E-state index contributed by atoms with van der Waals surface area (Å²) in [5, 5.41) is 10.6. The lowest BCUT2D eigenvalue weighted by atomic mass is 10.1. The van der Waals surface area contributed by atoms with Crippen molar-refractivity contribution >= 4 is 5.84 Å². The molecule has 0 unspecified atom stereocenters. The highest BCUT2D eigenvalue weighted by Crippen LogP contribution is 2.33. The van der Waals surface area contributed by atoms with Crippen molar-refractivity contribution in [3.05, 3.63) is 23.8 Å². The quantitative estimate of drug-likeness (QED) is 0.603. The van der Waals surface area contributed by atoms with Crippen LogP contribution in [0.5, 0.6) is 11.5 Å². The molecular weight excluding hydrogens is 336 g/mol. The molecule has 0 saturated heterocycles. The molecular formula is C19H30N2O5. The Kier molecular flexibility index (Phi) is 7.68. The molecule has 0 radical (unpaired) electrons. The fourth-order valence-electron chi connectivity index (χ4n) is 2.82. The molecule has 146 valence electrons. The number of likely N-dealkylation sites (N-methyl/N-ethyl adjacent to an activating group) is 1. The molecule has 0 amide bonds. The van der Waals surface area contributed by atoms with Gasteiger partial charge < -0.3 is 29.0 Å². The topological polar surface area (TPSA) is 72.8 Å². The molecule has 26 heavy (non-hydrogen) atoms. The van der Waals surface area contributed by atoms with Crippen molar-refractivity contribution in [1.29, 1.82) is 0 Å². The third-order valence-electron chi connectivity index (χ3n) is 3.92. The van der Waals surface area contributed by atoms with Crippen molar-refractivity contribution in [1.82, 2.24) is 4.90 Å². The number of methoxy groups -OCH3 is 1. The summed E-state index contributed by atoms with van der Waals surface area (Å²) in [7, 11) is 3.61. The van der Waals surface area contributed by atoms with Gasteiger partial charge in [-0.15, -0.1) is 0 Å². The van der Waals surface area contributed by atoms with Gasteiger partial charge in [0.1, 0.15) is 12.4 Å². The van der Waals surface area contributed by atoms with Crippen molar-refractivity contribution in [2.45, 2.75) is 19.4 Å². The zero-order valence-corrected chi connectivity index (χ0v) is 16.2. The van der Waals surface area contributed by atoms with E-state index in [1.807, 2.05) is 24.1 Å². The monoisotopic (exact) mass is 366 g/mol. The molecule has 1 aliphatic heterocycles. The van der Waals surface area contributed by atoms with Gasteiger partial charge in [0.25, 0.3) is 0 Å². The van der Waals surface area contributed by atoms with Crippen LogP contribution in [0.25, 0.3) is 0 Å². The second-order valence-electron chi connectivity index (χ2n) is 6.82. The second-order valence-corrected chi connectivity index (χ2v) is 6.82. The number of hydrogen-bond acceptors (Lipinski definition) is 7. The van der Waals surface area contributed by atoms with Crippen LogP contribution in [0.1, 0.15) is 19.4 Å². The molecule has 0 saturated carbocycles. The highest BCUT2D eigenvalue weighted by atomic mass is 16.6. The van der Waals surface area contributed by atoms with Gasteiger partial charge in [-0.05, 0) is 26.0 Å². The first kappa shape index (κ1) is 20.5. The molecule has 1 N–H and O–H groups in total. The number of benzene rings is 1. The zero-order chi connectivity index (χ0) is 19.0. The molecule has 1 aromatic carbocycles. The Labute approximate surface area is 155 Å². The molecule has 0 aliphatic carbocycles. The number of aliphatic imine (C=N–C) groups is 1. The Balaban J connectivity index is 1.81. The van der Waals surface area contributed by atoms with Crippen molar-refractivity contribution < 1.29 is 24.1 Å². The Morgan fingerprint density at radius 2 is 1.73 bits per heavy atom. The third-order valence-corrected chi connectivity index (χ3v) is 3.92. The van der Waals surface area contributed by atoms with Gasteiger partial charge in [0, 0.05) is 20.7 Å². The van der Waals surface area contributed by atoms with Gasteiger partial charge in [0.15, 0.2) is 11.5 Å². The van der Waals surface area contributed by atoms with E-state index in [4.69, 9.17) is 23.9 Å². The van der Waals surface area contributed by atoms with E-state index in [-0.39, 0.29) is 11.3 Å². The number of nitrogens with zero attached hydrogens (tertiary/aromatic N) is 2. The second kappa shape index (κ2) is 9.75. The fourth-order valence-corrected chi connectivity index (χ4v) is 2.82. The van der Waals surface area contributed by atoms with E-state index in [1.165, 1.54) is 0 Å². The first-order chi connectivity index (χ1) is 12.4. The number of rotatable bonds is 11. The number of para-hydroxylation sites is 1. The molecule has 0 aromatic heterocycles. The predicted molar refractivity (Wildman–Crippen MR) is 100 cm³/mol. The van der Waals surface area contributed by atoms with Gasteiger partial charge in [0.05, 0.1) is 44.1 Å². The van der Waals surface area contributed by atoms with E-state index in [1.54, 1.807) is 13.2 Å². The lowest BCUT2D eigenvalue weighted by Crippen LogP contribution is -2.29. The van der Waals surface area contributed by atoms with Gasteiger partial charge in [-0.2, -0.15) is 0 Å². The minimum absolute atomic E-state index is 0.110. The maximum atomic E-state index is 10.6. The third kappa shape index (κ3) is 5.86. The van der Waals surface area contributed by atoms with Crippen LogP contribution < -0.4 is 4.74 Å². The molecule has 0 atom stereocenters. The molecule has 7 nitrogen and oxygen atoms in total. The average Bonchev–Trinajstić information content (AvgIpc) is 2.87. The van der Waals surface area contributed by atoms with Crippen LogP contribution >= 0.6 is 0 Å². The molecule has 1 aliphatic rings. The van der Waals surface area contributed by atoms with E-state index in [0.29, 0.717) is 51.0 Å². The lowest BCUT2D eigenvalue weighted by molar-refractivity contribution is 0.0178. The minimum Gasteiger partial charge on any atom is -0.504 e. The molecule has 0 bridgehead atoms. The zero-order valence-electron chi connectivity index (χ0n) is 16.2. The van der Waals surface area contributed by atoms with Crippen LogP contribution in [0.15, 0.2) is 23.2 Å². The molecule has 1 aromatic rings. The summed E-state index contributed by atoms with van der Waals surface area (Å²) in [5.74, 6) is 1.32. The Morgan fingerprint density at radius 3 is 2.35 bits per heavy atom. The van der Waals surface area contributed by atoms with Crippen LogP contribution in [0.3, 0.4) is 0 Å². The number of ether oxygens (including phenoxy) is 4. The number of phenols is 1. The summed E-state index contributed by atoms with van der Waals surface area (Å²) in [4.78, 5) is 6.75. The highest BCUT2D eigenvalue weighted by Gasteiger charge is 2.31.